The van der Waals surface area contributed by atoms with Gasteiger partial charge in [-0.25, -0.2) is 9.97 Å². The summed E-state index contributed by atoms with van der Waals surface area (Å²) < 4.78 is 5.60. The number of ether oxygens (including phenoxy) is 1. The van der Waals surface area contributed by atoms with E-state index in [-0.39, 0.29) is 6.10 Å². The van der Waals surface area contributed by atoms with Gasteiger partial charge >= 0.3 is 0 Å². The first-order chi connectivity index (χ1) is 8.20. The molecule has 2 rings (SSSR count). The standard InChI is InChI=1S/C13H19ClN2O/c1-9-8-11(14)16-13(15-9)12(17-2)10-6-4-3-5-7-10/h8,10,12H,3-7H2,1-2H3. The van der Waals surface area contributed by atoms with E-state index in [1.165, 1.54) is 32.1 Å². The summed E-state index contributed by atoms with van der Waals surface area (Å²) in [5.74, 6) is 1.27. The van der Waals surface area contributed by atoms with Crippen LogP contribution in [0.25, 0.3) is 0 Å². The van der Waals surface area contributed by atoms with Gasteiger partial charge in [-0.15, -0.1) is 0 Å². The highest BCUT2D eigenvalue weighted by Gasteiger charge is 2.27. The number of methoxy groups -OCH3 is 1. The molecular weight excluding hydrogens is 236 g/mol. The molecule has 0 bridgehead atoms. The number of aryl methyl sites for hydroxylation is 1. The average Bonchev–Trinajstić information content (AvgIpc) is 2.30. The van der Waals surface area contributed by atoms with E-state index in [0.717, 1.165) is 11.5 Å². The van der Waals surface area contributed by atoms with Gasteiger partial charge in [0.15, 0.2) is 5.82 Å². The van der Waals surface area contributed by atoms with E-state index in [9.17, 15) is 0 Å². The maximum atomic E-state index is 5.98. The van der Waals surface area contributed by atoms with Crippen molar-refractivity contribution in [3.8, 4) is 0 Å². The fourth-order valence-corrected chi connectivity index (χ4v) is 2.87. The molecule has 0 aliphatic heterocycles. The molecule has 3 nitrogen and oxygen atoms in total. The Labute approximate surface area is 108 Å². The minimum Gasteiger partial charge on any atom is -0.373 e. The predicted molar refractivity (Wildman–Crippen MR) is 68.1 cm³/mol. The zero-order chi connectivity index (χ0) is 12.3. The van der Waals surface area contributed by atoms with Crippen LogP contribution >= 0.6 is 11.6 Å². The average molecular weight is 255 g/mol. The normalized spacial score (nSPS) is 19.2. The molecule has 1 heterocycles. The smallest absolute Gasteiger partial charge is 0.159 e. The summed E-state index contributed by atoms with van der Waals surface area (Å²) in [7, 11) is 1.73. The lowest BCUT2D eigenvalue weighted by Gasteiger charge is -2.28. The van der Waals surface area contributed by atoms with Crippen molar-refractivity contribution in [1.82, 2.24) is 9.97 Å². The van der Waals surface area contributed by atoms with Crippen molar-refractivity contribution in [3.05, 3.63) is 22.7 Å². The number of halogens is 1. The Kier molecular flexibility index (Phi) is 4.35. The molecule has 0 spiro atoms. The molecule has 0 saturated heterocycles. The molecule has 1 atom stereocenters. The van der Waals surface area contributed by atoms with Gasteiger partial charge in [0.2, 0.25) is 0 Å². The van der Waals surface area contributed by atoms with Crippen molar-refractivity contribution in [3.63, 3.8) is 0 Å². The molecule has 1 aromatic rings. The highest BCUT2D eigenvalue weighted by molar-refractivity contribution is 6.29. The van der Waals surface area contributed by atoms with E-state index < -0.39 is 0 Å². The lowest BCUT2D eigenvalue weighted by Crippen LogP contribution is -2.20. The van der Waals surface area contributed by atoms with Crippen LogP contribution in [0, 0.1) is 12.8 Å². The summed E-state index contributed by atoms with van der Waals surface area (Å²) in [5.41, 5.74) is 0.901. The van der Waals surface area contributed by atoms with Crippen molar-refractivity contribution in [2.24, 2.45) is 5.92 Å². The summed E-state index contributed by atoms with van der Waals surface area (Å²) in [4.78, 5) is 8.77. The molecule has 1 saturated carbocycles. The highest BCUT2D eigenvalue weighted by atomic mass is 35.5. The predicted octanol–water partition coefficient (Wildman–Crippen LogP) is 3.71. The minimum absolute atomic E-state index is 0.00676. The SMILES string of the molecule is COC(c1nc(C)cc(Cl)n1)C1CCCCC1. The minimum atomic E-state index is -0.00676. The van der Waals surface area contributed by atoms with Gasteiger partial charge in [0.25, 0.3) is 0 Å². The number of aromatic nitrogens is 2. The van der Waals surface area contributed by atoms with Gasteiger partial charge in [-0.05, 0) is 31.7 Å². The van der Waals surface area contributed by atoms with Crippen molar-refractivity contribution >= 4 is 11.6 Å². The van der Waals surface area contributed by atoms with E-state index in [2.05, 4.69) is 9.97 Å². The van der Waals surface area contributed by atoms with Gasteiger partial charge in [0.05, 0.1) is 0 Å². The fraction of sp³-hybridized carbons (Fsp3) is 0.692. The molecule has 1 aliphatic carbocycles. The fourth-order valence-electron chi connectivity index (χ4n) is 2.62. The van der Waals surface area contributed by atoms with Crippen molar-refractivity contribution in [2.75, 3.05) is 7.11 Å². The maximum absolute atomic E-state index is 5.98. The molecule has 1 unspecified atom stereocenters. The summed E-state index contributed by atoms with van der Waals surface area (Å²) >= 11 is 5.98. The topological polar surface area (TPSA) is 35.0 Å². The highest BCUT2D eigenvalue weighted by Crippen LogP contribution is 2.35. The number of rotatable bonds is 3. The monoisotopic (exact) mass is 254 g/mol. The van der Waals surface area contributed by atoms with E-state index in [1.54, 1.807) is 13.2 Å². The summed E-state index contributed by atoms with van der Waals surface area (Å²) in [5, 5.41) is 0.505. The summed E-state index contributed by atoms with van der Waals surface area (Å²) in [6.07, 6.45) is 6.30. The Bertz CT molecular complexity index is 357. The van der Waals surface area contributed by atoms with Crippen molar-refractivity contribution in [2.45, 2.75) is 45.1 Å². The lowest BCUT2D eigenvalue weighted by molar-refractivity contribution is 0.0288. The molecule has 1 aliphatic rings. The third-order valence-corrected chi connectivity index (χ3v) is 3.62. The number of hydrogen-bond donors (Lipinski definition) is 0. The quantitative estimate of drug-likeness (QED) is 0.772. The first-order valence-electron chi connectivity index (χ1n) is 6.24. The molecule has 1 aromatic heterocycles. The zero-order valence-electron chi connectivity index (χ0n) is 10.4. The third kappa shape index (κ3) is 3.17. The van der Waals surface area contributed by atoms with Crippen LogP contribution in [-0.2, 0) is 4.74 Å². The number of hydrogen-bond acceptors (Lipinski definition) is 3. The largest absolute Gasteiger partial charge is 0.373 e. The van der Waals surface area contributed by atoms with E-state index >= 15 is 0 Å². The lowest BCUT2D eigenvalue weighted by atomic mass is 9.85. The van der Waals surface area contributed by atoms with Gasteiger partial charge in [-0.1, -0.05) is 30.9 Å². The van der Waals surface area contributed by atoms with Crippen LogP contribution in [0.5, 0.6) is 0 Å². The summed E-state index contributed by atoms with van der Waals surface area (Å²) in [6, 6.07) is 1.78. The summed E-state index contributed by atoms with van der Waals surface area (Å²) in [6.45, 7) is 1.94. The van der Waals surface area contributed by atoms with E-state index in [0.29, 0.717) is 11.1 Å². The molecule has 0 amide bonds. The Hall–Kier alpha value is -0.670. The molecule has 94 valence electrons. The van der Waals surface area contributed by atoms with E-state index in [4.69, 9.17) is 16.3 Å². The maximum Gasteiger partial charge on any atom is 0.159 e. The Morgan fingerprint density at radius 2 is 2.00 bits per heavy atom. The van der Waals surface area contributed by atoms with Crippen molar-refractivity contribution < 1.29 is 4.74 Å². The Morgan fingerprint density at radius 3 is 2.59 bits per heavy atom. The van der Waals surface area contributed by atoms with Crippen LogP contribution in [-0.4, -0.2) is 17.1 Å². The second-order valence-corrected chi connectivity index (χ2v) is 5.13. The number of nitrogens with zero attached hydrogens (tertiary/aromatic N) is 2. The second kappa shape index (κ2) is 5.78. The van der Waals surface area contributed by atoms with Gasteiger partial charge in [-0.3, -0.25) is 0 Å². The molecule has 1 fully saturated rings. The Morgan fingerprint density at radius 1 is 1.29 bits per heavy atom. The van der Waals surface area contributed by atoms with Gasteiger partial charge in [0.1, 0.15) is 11.3 Å². The first-order valence-corrected chi connectivity index (χ1v) is 6.62. The molecule has 0 radical (unpaired) electrons. The molecule has 17 heavy (non-hydrogen) atoms. The first kappa shape index (κ1) is 12.8. The zero-order valence-corrected chi connectivity index (χ0v) is 11.2. The van der Waals surface area contributed by atoms with E-state index in [1.807, 2.05) is 6.92 Å². The molecular formula is C13H19ClN2O. The second-order valence-electron chi connectivity index (χ2n) is 4.74. The molecule has 0 N–H and O–H groups in total. The van der Waals surface area contributed by atoms with Crippen LogP contribution in [0.4, 0.5) is 0 Å². The Balaban J connectivity index is 2.21. The molecule has 4 heteroatoms. The van der Waals surface area contributed by atoms with Crippen LogP contribution in [0.1, 0.15) is 49.7 Å². The third-order valence-electron chi connectivity index (χ3n) is 3.43. The van der Waals surface area contributed by atoms with Crippen LogP contribution in [0.3, 0.4) is 0 Å². The van der Waals surface area contributed by atoms with Gasteiger partial charge in [-0.2, -0.15) is 0 Å². The van der Waals surface area contributed by atoms with Gasteiger partial charge in [0, 0.05) is 12.8 Å². The van der Waals surface area contributed by atoms with Crippen molar-refractivity contribution in [1.29, 1.82) is 0 Å². The van der Waals surface area contributed by atoms with Crippen LogP contribution in [0.15, 0.2) is 6.07 Å². The van der Waals surface area contributed by atoms with Crippen LogP contribution in [0.2, 0.25) is 5.15 Å². The van der Waals surface area contributed by atoms with Crippen LogP contribution < -0.4 is 0 Å². The molecule has 0 aromatic carbocycles. The van der Waals surface area contributed by atoms with Gasteiger partial charge < -0.3 is 4.74 Å².